The Hall–Kier alpha value is -2.15. The number of ether oxygens (including phenoxy) is 2. The van der Waals surface area contributed by atoms with Crippen LogP contribution in [0.15, 0.2) is 12.1 Å². The molecule has 0 unspecified atom stereocenters. The molecule has 6 nitrogen and oxygen atoms in total. The van der Waals surface area contributed by atoms with Crippen molar-refractivity contribution >= 4 is 17.6 Å². The average molecular weight is 300 g/mol. The second-order valence-electron chi connectivity index (χ2n) is 3.68. The maximum atomic E-state index is 13.9. The number of aromatic amines is 1. The predicted octanol–water partition coefficient (Wildman–Crippen LogP) is 2.45. The first-order chi connectivity index (χ1) is 9.60. The summed E-state index contributed by atoms with van der Waals surface area (Å²) in [5.41, 5.74) is 0.287. The van der Waals surface area contributed by atoms with Crippen molar-refractivity contribution in [1.29, 1.82) is 0 Å². The molecular weight excluding hydrogens is 289 g/mol. The molecule has 0 spiro atoms. The largest absolute Gasteiger partial charge is 0.494 e. The van der Waals surface area contributed by atoms with Crippen molar-refractivity contribution < 1.29 is 18.7 Å². The third-order valence-corrected chi connectivity index (χ3v) is 2.91. The number of methoxy groups -OCH3 is 1. The lowest BCUT2D eigenvalue weighted by molar-refractivity contribution is 0.0520. The summed E-state index contributed by atoms with van der Waals surface area (Å²) in [5.74, 6) is -1.40. The van der Waals surface area contributed by atoms with Crippen LogP contribution in [0.4, 0.5) is 4.39 Å². The minimum atomic E-state index is -0.732. The van der Waals surface area contributed by atoms with Crippen LogP contribution in [0.5, 0.6) is 5.75 Å². The molecule has 1 heterocycles. The van der Waals surface area contributed by atoms with Crippen molar-refractivity contribution in [3.05, 3.63) is 28.7 Å². The van der Waals surface area contributed by atoms with Crippen LogP contribution in [0.2, 0.25) is 5.02 Å². The third-order valence-electron chi connectivity index (χ3n) is 2.54. The Morgan fingerprint density at radius 3 is 2.85 bits per heavy atom. The number of benzene rings is 1. The smallest absolute Gasteiger partial charge is 0.361 e. The summed E-state index contributed by atoms with van der Waals surface area (Å²) in [6, 6.07) is 2.88. The maximum Gasteiger partial charge on any atom is 0.361 e. The van der Waals surface area contributed by atoms with E-state index in [1.54, 1.807) is 6.92 Å². The van der Waals surface area contributed by atoms with Crippen LogP contribution in [0.3, 0.4) is 0 Å². The number of carbonyl (C=O) groups is 1. The highest BCUT2D eigenvalue weighted by Crippen LogP contribution is 2.34. The fourth-order valence-corrected chi connectivity index (χ4v) is 1.88. The van der Waals surface area contributed by atoms with E-state index in [1.165, 1.54) is 19.2 Å². The molecule has 20 heavy (non-hydrogen) atoms. The van der Waals surface area contributed by atoms with Crippen molar-refractivity contribution in [3.63, 3.8) is 0 Å². The zero-order chi connectivity index (χ0) is 14.7. The Bertz CT molecular complexity index is 645. The van der Waals surface area contributed by atoms with Gasteiger partial charge in [-0.05, 0) is 19.1 Å². The highest BCUT2D eigenvalue weighted by molar-refractivity contribution is 6.33. The molecule has 0 radical (unpaired) electrons. The first-order valence-electron chi connectivity index (χ1n) is 5.70. The summed E-state index contributed by atoms with van der Waals surface area (Å²) in [5, 5.41) is 9.61. The quantitative estimate of drug-likeness (QED) is 0.877. The SMILES string of the molecule is CCOC(=O)c1n[nH]nc1-c1ccc(OC)c(F)c1Cl. The zero-order valence-electron chi connectivity index (χ0n) is 10.7. The minimum Gasteiger partial charge on any atom is -0.494 e. The lowest BCUT2D eigenvalue weighted by atomic mass is 10.1. The Morgan fingerprint density at radius 2 is 2.20 bits per heavy atom. The number of hydrogen-bond acceptors (Lipinski definition) is 5. The van der Waals surface area contributed by atoms with Crippen molar-refractivity contribution in [2.75, 3.05) is 13.7 Å². The zero-order valence-corrected chi connectivity index (χ0v) is 11.5. The molecule has 0 fully saturated rings. The van der Waals surface area contributed by atoms with Crippen molar-refractivity contribution in [2.24, 2.45) is 0 Å². The number of halogens is 2. The van der Waals surface area contributed by atoms with Crippen LogP contribution in [-0.4, -0.2) is 35.1 Å². The van der Waals surface area contributed by atoms with E-state index in [4.69, 9.17) is 21.1 Å². The van der Waals surface area contributed by atoms with E-state index in [0.717, 1.165) is 0 Å². The van der Waals surface area contributed by atoms with Gasteiger partial charge in [-0.15, -0.1) is 5.10 Å². The number of nitrogens with zero attached hydrogens (tertiary/aromatic N) is 2. The standard InChI is InChI=1S/C12H11ClFN3O3/c1-3-20-12(18)11-10(15-17-16-11)6-4-5-7(19-2)9(14)8(6)13/h4-5H,3H2,1-2H3,(H,15,16,17). The predicted molar refractivity (Wildman–Crippen MR) is 69.3 cm³/mol. The number of H-pyrrole nitrogens is 1. The number of nitrogens with one attached hydrogen (secondary N) is 1. The van der Waals surface area contributed by atoms with Gasteiger partial charge in [0.25, 0.3) is 0 Å². The Labute approximate surface area is 118 Å². The van der Waals surface area contributed by atoms with Gasteiger partial charge in [-0.2, -0.15) is 10.3 Å². The summed E-state index contributed by atoms with van der Waals surface area (Å²) in [6.07, 6.45) is 0. The number of rotatable bonds is 4. The van der Waals surface area contributed by atoms with Gasteiger partial charge in [0.2, 0.25) is 0 Å². The summed E-state index contributed by atoms with van der Waals surface area (Å²) in [4.78, 5) is 11.7. The minimum absolute atomic E-state index is 0.0000652. The molecule has 2 rings (SSSR count). The van der Waals surface area contributed by atoms with Crippen LogP contribution in [0.25, 0.3) is 11.3 Å². The second kappa shape index (κ2) is 5.87. The lowest BCUT2D eigenvalue weighted by Crippen LogP contribution is -2.07. The molecule has 0 saturated carbocycles. The fraction of sp³-hybridized carbons (Fsp3) is 0.250. The van der Waals surface area contributed by atoms with Gasteiger partial charge in [0.1, 0.15) is 5.69 Å². The summed E-state index contributed by atoms with van der Waals surface area (Å²) in [7, 11) is 1.33. The topological polar surface area (TPSA) is 77.1 Å². The van der Waals surface area contributed by atoms with E-state index in [0.29, 0.717) is 0 Å². The molecule has 0 amide bonds. The summed E-state index contributed by atoms with van der Waals surface area (Å²) < 4.78 is 23.6. The highest BCUT2D eigenvalue weighted by Gasteiger charge is 2.23. The Morgan fingerprint density at radius 1 is 1.45 bits per heavy atom. The summed E-state index contributed by atoms with van der Waals surface area (Å²) >= 11 is 5.93. The van der Waals surface area contributed by atoms with Crippen LogP contribution in [0, 0.1) is 5.82 Å². The van der Waals surface area contributed by atoms with E-state index < -0.39 is 11.8 Å². The van der Waals surface area contributed by atoms with Gasteiger partial charge in [0.05, 0.1) is 18.7 Å². The van der Waals surface area contributed by atoms with Gasteiger partial charge in [-0.25, -0.2) is 9.18 Å². The molecule has 0 aliphatic carbocycles. The van der Waals surface area contributed by atoms with E-state index in [2.05, 4.69) is 15.4 Å². The van der Waals surface area contributed by atoms with E-state index in [1.807, 2.05) is 0 Å². The van der Waals surface area contributed by atoms with Crippen LogP contribution in [0.1, 0.15) is 17.4 Å². The molecule has 8 heteroatoms. The molecule has 0 saturated heterocycles. The van der Waals surface area contributed by atoms with E-state index >= 15 is 0 Å². The molecule has 0 atom stereocenters. The third kappa shape index (κ3) is 2.44. The lowest BCUT2D eigenvalue weighted by Gasteiger charge is -2.07. The number of aromatic nitrogens is 3. The van der Waals surface area contributed by atoms with Gasteiger partial charge < -0.3 is 9.47 Å². The van der Waals surface area contributed by atoms with Crippen molar-refractivity contribution in [2.45, 2.75) is 6.92 Å². The number of hydrogen-bond donors (Lipinski definition) is 1. The van der Waals surface area contributed by atoms with Gasteiger partial charge in [0.15, 0.2) is 17.3 Å². The Balaban J connectivity index is 2.51. The van der Waals surface area contributed by atoms with Crippen LogP contribution in [-0.2, 0) is 4.74 Å². The first kappa shape index (κ1) is 14.3. The van der Waals surface area contributed by atoms with Crippen molar-refractivity contribution in [1.82, 2.24) is 15.4 Å². The molecule has 0 bridgehead atoms. The molecule has 0 aliphatic rings. The Kier molecular flexibility index (Phi) is 4.19. The molecule has 0 aliphatic heterocycles. The van der Waals surface area contributed by atoms with Crippen molar-refractivity contribution in [3.8, 4) is 17.0 Å². The van der Waals surface area contributed by atoms with E-state index in [9.17, 15) is 9.18 Å². The molecule has 106 valence electrons. The van der Waals surface area contributed by atoms with Crippen LogP contribution >= 0.6 is 11.6 Å². The summed E-state index contributed by atoms with van der Waals surface area (Å²) in [6.45, 7) is 1.85. The molecule has 1 N–H and O–H groups in total. The monoisotopic (exact) mass is 299 g/mol. The molecule has 1 aromatic heterocycles. The number of carbonyl (C=O) groups excluding carboxylic acids is 1. The maximum absolute atomic E-state index is 13.9. The van der Waals surface area contributed by atoms with Gasteiger partial charge >= 0.3 is 5.97 Å². The van der Waals surface area contributed by atoms with Gasteiger partial charge in [0, 0.05) is 5.56 Å². The molecular formula is C12H11ClFN3O3. The highest BCUT2D eigenvalue weighted by atomic mass is 35.5. The average Bonchev–Trinajstić information content (AvgIpc) is 2.91. The molecule has 1 aromatic carbocycles. The molecule has 2 aromatic rings. The van der Waals surface area contributed by atoms with E-state index in [-0.39, 0.29) is 34.3 Å². The normalized spacial score (nSPS) is 10.4. The number of esters is 1. The first-order valence-corrected chi connectivity index (χ1v) is 6.08. The fourth-order valence-electron chi connectivity index (χ4n) is 1.63. The van der Waals surface area contributed by atoms with Gasteiger partial charge in [-0.3, -0.25) is 0 Å². The van der Waals surface area contributed by atoms with Gasteiger partial charge in [-0.1, -0.05) is 11.6 Å². The van der Waals surface area contributed by atoms with Crippen LogP contribution < -0.4 is 4.74 Å². The second-order valence-corrected chi connectivity index (χ2v) is 4.06.